The van der Waals surface area contributed by atoms with Gasteiger partial charge in [-0.1, -0.05) is 41.5 Å². The Kier molecular flexibility index (Phi) is 7.34. The number of sulfonamides is 1. The Morgan fingerprint density at radius 2 is 1.52 bits per heavy atom. The summed E-state index contributed by atoms with van der Waals surface area (Å²) in [4.78, 5) is 24.6. The fourth-order valence-corrected chi connectivity index (χ4v) is 4.14. The van der Waals surface area contributed by atoms with E-state index in [9.17, 15) is 18.0 Å². The fraction of sp³-hybridized carbons (Fsp3) is 0.167. The van der Waals surface area contributed by atoms with E-state index in [2.05, 4.69) is 20.9 Å². The number of aryl methyl sites for hydroxylation is 3. The number of benzene rings is 3. The molecule has 172 valence electrons. The third-order valence-electron chi connectivity index (χ3n) is 4.85. The molecule has 8 nitrogen and oxygen atoms in total. The molecule has 3 aromatic carbocycles. The van der Waals surface area contributed by atoms with Crippen molar-refractivity contribution in [3.63, 3.8) is 0 Å². The van der Waals surface area contributed by atoms with Crippen LogP contribution in [0.15, 0.2) is 71.6 Å². The lowest BCUT2D eigenvalue weighted by molar-refractivity contribution is -0.120. The monoisotopic (exact) mass is 466 g/mol. The molecule has 0 bridgehead atoms. The van der Waals surface area contributed by atoms with E-state index < -0.39 is 21.8 Å². The van der Waals surface area contributed by atoms with Crippen molar-refractivity contribution in [2.45, 2.75) is 25.7 Å². The van der Waals surface area contributed by atoms with Crippen LogP contribution in [0, 0.1) is 20.8 Å². The quantitative estimate of drug-likeness (QED) is 0.399. The van der Waals surface area contributed by atoms with Gasteiger partial charge in [0.15, 0.2) is 0 Å². The molecule has 4 N–H and O–H groups in total. The van der Waals surface area contributed by atoms with Gasteiger partial charge in [0.1, 0.15) is 0 Å². The molecule has 0 aliphatic heterocycles. The molecule has 0 unspecified atom stereocenters. The molecule has 0 aromatic heterocycles. The minimum absolute atomic E-state index is 0.0272. The standard InChI is InChI=1S/C24H26N4O4S/c1-16-7-10-21(11-8-16)33(31,32)28-20-6-4-5-19(14-20)24(30)27-26-23(29)15-25-22-12-9-17(2)13-18(22)3/h4-14,25,28H,15H2,1-3H3,(H,26,29)(H,27,30). The highest BCUT2D eigenvalue weighted by atomic mass is 32.2. The van der Waals surface area contributed by atoms with Crippen LogP contribution < -0.4 is 20.9 Å². The number of carbonyl (C=O) groups is 2. The summed E-state index contributed by atoms with van der Waals surface area (Å²) in [5.41, 5.74) is 8.99. The van der Waals surface area contributed by atoms with Crippen LogP contribution in [0.1, 0.15) is 27.0 Å². The lowest BCUT2D eigenvalue weighted by Gasteiger charge is -2.12. The Bertz CT molecular complexity index is 1270. The highest BCUT2D eigenvalue weighted by molar-refractivity contribution is 7.92. The van der Waals surface area contributed by atoms with Gasteiger partial charge >= 0.3 is 0 Å². The normalized spacial score (nSPS) is 10.9. The predicted molar refractivity (Wildman–Crippen MR) is 128 cm³/mol. The second kappa shape index (κ2) is 10.2. The zero-order chi connectivity index (χ0) is 24.0. The molecule has 2 amide bonds. The summed E-state index contributed by atoms with van der Waals surface area (Å²) >= 11 is 0. The third kappa shape index (κ3) is 6.56. The first kappa shape index (κ1) is 23.8. The highest BCUT2D eigenvalue weighted by Crippen LogP contribution is 2.18. The maximum Gasteiger partial charge on any atom is 0.269 e. The van der Waals surface area contributed by atoms with Crippen LogP contribution >= 0.6 is 0 Å². The van der Waals surface area contributed by atoms with Crippen LogP contribution in [0.2, 0.25) is 0 Å². The summed E-state index contributed by atoms with van der Waals surface area (Å²) in [6, 6.07) is 18.2. The van der Waals surface area contributed by atoms with Gasteiger partial charge in [0.25, 0.3) is 21.8 Å². The van der Waals surface area contributed by atoms with Crippen LogP contribution in [-0.2, 0) is 14.8 Å². The molecule has 0 fully saturated rings. The van der Waals surface area contributed by atoms with Crippen molar-refractivity contribution in [1.82, 2.24) is 10.9 Å². The molecule has 3 aromatic rings. The molecule has 3 rings (SSSR count). The molecule has 0 aliphatic rings. The van der Waals surface area contributed by atoms with Crippen molar-refractivity contribution in [2.24, 2.45) is 0 Å². The number of anilines is 2. The summed E-state index contributed by atoms with van der Waals surface area (Å²) in [7, 11) is -3.80. The van der Waals surface area contributed by atoms with Gasteiger partial charge in [0, 0.05) is 16.9 Å². The Morgan fingerprint density at radius 1 is 0.818 bits per heavy atom. The van der Waals surface area contributed by atoms with E-state index >= 15 is 0 Å². The zero-order valence-electron chi connectivity index (χ0n) is 18.6. The number of hydrazine groups is 1. The van der Waals surface area contributed by atoms with Crippen molar-refractivity contribution in [1.29, 1.82) is 0 Å². The van der Waals surface area contributed by atoms with Crippen molar-refractivity contribution >= 4 is 33.2 Å². The van der Waals surface area contributed by atoms with Gasteiger partial charge in [-0.15, -0.1) is 0 Å². The number of amides is 2. The molecule has 0 saturated heterocycles. The summed E-state index contributed by atoms with van der Waals surface area (Å²) < 4.78 is 27.6. The van der Waals surface area contributed by atoms with E-state index in [1.54, 1.807) is 18.2 Å². The zero-order valence-corrected chi connectivity index (χ0v) is 19.4. The molecular weight excluding hydrogens is 440 g/mol. The molecular formula is C24H26N4O4S. The van der Waals surface area contributed by atoms with Gasteiger partial charge in [-0.3, -0.25) is 25.2 Å². The third-order valence-corrected chi connectivity index (χ3v) is 6.24. The highest BCUT2D eigenvalue weighted by Gasteiger charge is 2.15. The van der Waals surface area contributed by atoms with E-state index in [0.29, 0.717) is 0 Å². The molecule has 9 heteroatoms. The predicted octanol–water partition coefficient (Wildman–Crippen LogP) is 3.29. The maximum atomic E-state index is 12.6. The Balaban J connectivity index is 1.56. The lowest BCUT2D eigenvalue weighted by atomic mass is 10.1. The Labute approximate surface area is 193 Å². The summed E-state index contributed by atoms with van der Waals surface area (Å²) in [6.07, 6.45) is 0. The molecule has 0 atom stereocenters. The topological polar surface area (TPSA) is 116 Å². The smallest absolute Gasteiger partial charge is 0.269 e. The van der Waals surface area contributed by atoms with Gasteiger partial charge in [0.2, 0.25) is 0 Å². The van der Waals surface area contributed by atoms with Gasteiger partial charge < -0.3 is 5.32 Å². The van der Waals surface area contributed by atoms with E-state index in [-0.39, 0.29) is 22.7 Å². The Hall–Kier alpha value is -3.85. The van der Waals surface area contributed by atoms with E-state index in [1.165, 1.54) is 30.3 Å². The summed E-state index contributed by atoms with van der Waals surface area (Å²) in [5, 5.41) is 3.02. The van der Waals surface area contributed by atoms with Crippen LogP contribution in [0.3, 0.4) is 0 Å². The van der Waals surface area contributed by atoms with E-state index in [0.717, 1.165) is 22.4 Å². The molecule has 0 spiro atoms. The fourth-order valence-electron chi connectivity index (χ4n) is 3.09. The van der Waals surface area contributed by atoms with E-state index in [4.69, 9.17) is 0 Å². The first-order valence-corrected chi connectivity index (χ1v) is 11.7. The molecule has 0 saturated carbocycles. The largest absolute Gasteiger partial charge is 0.376 e. The second-order valence-corrected chi connectivity index (χ2v) is 9.36. The van der Waals surface area contributed by atoms with Crippen molar-refractivity contribution < 1.29 is 18.0 Å². The van der Waals surface area contributed by atoms with Crippen molar-refractivity contribution in [2.75, 3.05) is 16.6 Å². The Morgan fingerprint density at radius 3 is 2.21 bits per heavy atom. The van der Waals surface area contributed by atoms with Gasteiger partial charge in [0.05, 0.1) is 11.4 Å². The van der Waals surface area contributed by atoms with Crippen LogP contribution in [0.4, 0.5) is 11.4 Å². The number of hydrogen-bond donors (Lipinski definition) is 4. The lowest BCUT2D eigenvalue weighted by Crippen LogP contribution is -2.44. The number of nitrogens with one attached hydrogen (secondary N) is 4. The van der Waals surface area contributed by atoms with Crippen molar-refractivity contribution in [3.8, 4) is 0 Å². The van der Waals surface area contributed by atoms with Crippen molar-refractivity contribution in [3.05, 3.63) is 89.0 Å². The maximum absolute atomic E-state index is 12.6. The van der Waals surface area contributed by atoms with Crippen LogP contribution in [0.25, 0.3) is 0 Å². The first-order valence-electron chi connectivity index (χ1n) is 10.2. The molecule has 0 aliphatic carbocycles. The average molecular weight is 467 g/mol. The molecule has 0 radical (unpaired) electrons. The van der Waals surface area contributed by atoms with Crippen LogP contribution in [0.5, 0.6) is 0 Å². The minimum Gasteiger partial charge on any atom is -0.376 e. The van der Waals surface area contributed by atoms with Gasteiger partial charge in [-0.25, -0.2) is 8.42 Å². The number of rotatable bonds is 7. The number of hydrogen-bond acceptors (Lipinski definition) is 5. The summed E-state index contributed by atoms with van der Waals surface area (Å²) in [6.45, 7) is 5.77. The SMILES string of the molecule is Cc1ccc(S(=O)(=O)Nc2cccc(C(=O)NNC(=O)CNc3ccc(C)cc3C)c2)cc1. The van der Waals surface area contributed by atoms with Gasteiger partial charge in [-0.05, 0) is 62.7 Å². The van der Waals surface area contributed by atoms with Gasteiger partial charge in [-0.2, -0.15) is 0 Å². The minimum atomic E-state index is -3.80. The molecule has 33 heavy (non-hydrogen) atoms. The number of carbonyl (C=O) groups excluding carboxylic acids is 2. The second-order valence-electron chi connectivity index (χ2n) is 7.67. The van der Waals surface area contributed by atoms with E-state index in [1.807, 2.05) is 39.0 Å². The molecule has 0 heterocycles. The average Bonchev–Trinajstić information content (AvgIpc) is 2.77. The first-order chi connectivity index (χ1) is 15.6. The summed E-state index contributed by atoms with van der Waals surface area (Å²) in [5.74, 6) is -1.01. The van der Waals surface area contributed by atoms with Crippen LogP contribution in [-0.4, -0.2) is 26.8 Å².